The number of amides is 1. The van der Waals surface area contributed by atoms with E-state index in [1.54, 1.807) is 0 Å². The summed E-state index contributed by atoms with van der Waals surface area (Å²) in [6.45, 7) is 0.120. The van der Waals surface area contributed by atoms with Crippen LogP contribution in [-0.4, -0.2) is 18.2 Å². The summed E-state index contributed by atoms with van der Waals surface area (Å²) < 4.78 is 0. The molecule has 0 saturated carbocycles. The zero-order chi connectivity index (χ0) is 13.2. The molecular weight excluding hydrogens is 228 g/mol. The number of para-hydroxylation sites is 1. The van der Waals surface area contributed by atoms with Gasteiger partial charge < -0.3 is 11.1 Å². The Bertz CT molecular complexity index is 377. The van der Waals surface area contributed by atoms with Crippen molar-refractivity contribution in [3.63, 3.8) is 0 Å². The number of ketones is 1. The first-order valence-corrected chi connectivity index (χ1v) is 6.29. The van der Waals surface area contributed by atoms with E-state index in [2.05, 4.69) is 5.32 Å². The molecule has 1 aromatic carbocycles. The monoisotopic (exact) mass is 248 g/mol. The van der Waals surface area contributed by atoms with Crippen LogP contribution in [0.1, 0.15) is 32.1 Å². The van der Waals surface area contributed by atoms with Gasteiger partial charge in [-0.2, -0.15) is 0 Å². The van der Waals surface area contributed by atoms with Crippen LogP contribution >= 0.6 is 0 Å². The van der Waals surface area contributed by atoms with E-state index in [0.29, 0.717) is 12.8 Å². The molecular formula is C14H20N2O2. The van der Waals surface area contributed by atoms with Crippen molar-refractivity contribution < 1.29 is 9.59 Å². The van der Waals surface area contributed by atoms with E-state index in [9.17, 15) is 9.59 Å². The van der Waals surface area contributed by atoms with Gasteiger partial charge in [0.25, 0.3) is 0 Å². The molecule has 0 aromatic heterocycles. The van der Waals surface area contributed by atoms with Gasteiger partial charge in [-0.3, -0.25) is 9.59 Å². The van der Waals surface area contributed by atoms with Gasteiger partial charge in [0.05, 0.1) is 6.54 Å². The van der Waals surface area contributed by atoms with Crippen LogP contribution < -0.4 is 11.1 Å². The average molecular weight is 248 g/mol. The molecule has 0 heterocycles. The highest BCUT2D eigenvalue weighted by molar-refractivity contribution is 5.90. The molecule has 18 heavy (non-hydrogen) atoms. The van der Waals surface area contributed by atoms with Gasteiger partial charge in [-0.1, -0.05) is 24.6 Å². The Morgan fingerprint density at radius 1 is 1.00 bits per heavy atom. The SMILES string of the molecule is NCC(=O)CCCCCC(=O)Nc1ccccc1. The number of carbonyl (C=O) groups excluding carboxylic acids is 2. The lowest BCUT2D eigenvalue weighted by atomic mass is 10.1. The summed E-state index contributed by atoms with van der Waals surface area (Å²) in [6.07, 6.45) is 3.52. The van der Waals surface area contributed by atoms with Gasteiger partial charge in [0, 0.05) is 18.5 Å². The Balaban J connectivity index is 2.09. The maximum absolute atomic E-state index is 11.6. The molecule has 0 atom stereocenters. The normalized spacial score (nSPS) is 10.1. The number of carbonyl (C=O) groups is 2. The lowest BCUT2D eigenvalue weighted by molar-refractivity contribution is -0.117. The summed E-state index contributed by atoms with van der Waals surface area (Å²) in [5.41, 5.74) is 6.03. The van der Waals surface area contributed by atoms with Crippen LogP contribution in [0.5, 0.6) is 0 Å². The standard InChI is InChI=1S/C14H20N2O2/c15-11-13(17)9-5-2-6-10-14(18)16-12-7-3-1-4-8-12/h1,3-4,7-8H,2,5-6,9-11,15H2,(H,16,18). The number of hydrogen-bond donors (Lipinski definition) is 2. The number of anilines is 1. The molecule has 4 nitrogen and oxygen atoms in total. The van der Waals surface area contributed by atoms with E-state index < -0.39 is 0 Å². The minimum atomic E-state index is 0.0198. The average Bonchev–Trinajstić information content (AvgIpc) is 2.39. The maximum atomic E-state index is 11.6. The predicted molar refractivity (Wildman–Crippen MR) is 72.2 cm³/mol. The lowest BCUT2D eigenvalue weighted by Gasteiger charge is -2.04. The van der Waals surface area contributed by atoms with Crippen LogP contribution in [0.4, 0.5) is 5.69 Å². The van der Waals surface area contributed by atoms with E-state index in [4.69, 9.17) is 5.73 Å². The van der Waals surface area contributed by atoms with Crippen molar-refractivity contribution in [2.45, 2.75) is 32.1 Å². The van der Waals surface area contributed by atoms with Crippen molar-refractivity contribution in [2.24, 2.45) is 5.73 Å². The van der Waals surface area contributed by atoms with Crippen molar-refractivity contribution >= 4 is 17.4 Å². The zero-order valence-electron chi connectivity index (χ0n) is 10.5. The lowest BCUT2D eigenvalue weighted by Crippen LogP contribution is -2.13. The maximum Gasteiger partial charge on any atom is 0.224 e. The van der Waals surface area contributed by atoms with E-state index in [-0.39, 0.29) is 18.2 Å². The Kier molecular flexibility index (Phi) is 6.72. The van der Waals surface area contributed by atoms with Crippen molar-refractivity contribution in [3.05, 3.63) is 30.3 Å². The van der Waals surface area contributed by atoms with Gasteiger partial charge >= 0.3 is 0 Å². The summed E-state index contributed by atoms with van der Waals surface area (Å²) >= 11 is 0. The number of rotatable bonds is 8. The summed E-state index contributed by atoms with van der Waals surface area (Å²) in [5.74, 6) is 0.107. The molecule has 0 aliphatic heterocycles. The molecule has 1 rings (SSSR count). The van der Waals surface area contributed by atoms with E-state index in [1.807, 2.05) is 30.3 Å². The van der Waals surface area contributed by atoms with E-state index in [1.165, 1.54) is 0 Å². The summed E-state index contributed by atoms with van der Waals surface area (Å²) in [7, 11) is 0. The highest BCUT2D eigenvalue weighted by atomic mass is 16.1. The topological polar surface area (TPSA) is 72.2 Å². The zero-order valence-corrected chi connectivity index (χ0v) is 10.5. The fraction of sp³-hybridized carbons (Fsp3) is 0.429. The Morgan fingerprint density at radius 3 is 2.33 bits per heavy atom. The minimum absolute atomic E-state index is 0.0198. The Labute approximate surface area is 108 Å². The van der Waals surface area contributed by atoms with Crippen molar-refractivity contribution in [2.75, 3.05) is 11.9 Å². The third-order valence-electron chi connectivity index (χ3n) is 2.64. The van der Waals surface area contributed by atoms with Crippen LogP contribution in [0.25, 0.3) is 0 Å². The van der Waals surface area contributed by atoms with Crippen molar-refractivity contribution in [1.29, 1.82) is 0 Å². The summed E-state index contributed by atoms with van der Waals surface area (Å²) in [6, 6.07) is 9.39. The molecule has 4 heteroatoms. The largest absolute Gasteiger partial charge is 0.326 e. The van der Waals surface area contributed by atoms with Gasteiger partial charge in [-0.05, 0) is 25.0 Å². The molecule has 0 aliphatic carbocycles. The van der Waals surface area contributed by atoms with Crippen molar-refractivity contribution in [3.8, 4) is 0 Å². The second-order valence-corrected chi connectivity index (χ2v) is 4.22. The molecule has 1 aromatic rings. The van der Waals surface area contributed by atoms with Gasteiger partial charge in [0.2, 0.25) is 5.91 Å². The minimum Gasteiger partial charge on any atom is -0.326 e. The quantitative estimate of drug-likeness (QED) is 0.692. The molecule has 0 saturated heterocycles. The first-order valence-electron chi connectivity index (χ1n) is 6.29. The molecule has 0 unspecified atom stereocenters. The Hall–Kier alpha value is -1.68. The predicted octanol–water partition coefficient (Wildman–Crippen LogP) is 2.10. The van der Waals surface area contributed by atoms with Crippen LogP contribution in [-0.2, 0) is 9.59 Å². The van der Waals surface area contributed by atoms with Gasteiger partial charge in [0.1, 0.15) is 5.78 Å². The van der Waals surface area contributed by atoms with Crippen LogP contribution in [0.3, 0.4) is 0 Å². The molecule has 0 spiro atoms. The third-order valence-corrected chi connectivity index (χ3v) is 2.64. The highest BCUT2D eigenvalue weighted by Gasteiger charge is 2.02. The molecule has 1 amide bonds. The number of Topliss-reactive ketones (excluding diaryl/α,β-unsaturated/α-hetero) is 1. The van der Waals surface area contributed by atoms with Crippen LogP contribution in [0.15, 0.2) is 30.3 Å². The van der Waals surface area contributed by atoms with E-state index in [0.717, 1.165) is 24.9 Å². The first-order chi connectivity index (χ1) is 8.72. The smallest absolute Gasteiger partial charge is 0.224 e. The van der Waals surface area contributed by atoms with E-state index >= 15 is 0 Å². The van der Waals surface area contributed by atoms with Crippen LogP contribution in [0.2, 0.25) is 0 Å². The first kappa shape index (κ1) is 14.4. The number of unbranched alkanes of at least 4 members (excludes halogenated alkanes) is 2. The second-order valence-electron chi connectivity index (χ2n) is 4.22. The van der Waals surface area contributed by atoms with Crippen LogP contribution in [0, 0.1) is 0 Å². The second kappa shape index (κ2) is 8.42. The van der Waals surface area contributed by atoms with Gasteiger partial charge in [0.15, 0.2) is 0 Å². The summed E-state index contributed by atoms with van der Waals surface area (Å²) in [4.78, 5) is 22.5. The molecule has 0 aliphatic rings. The number of nitrogens with one attached hydrogen (secondary N) is 1. The number of nitrogens with two attached hydrogens (primary N) is 1. The highest BCUT2D eigenvalue weighted by Crippen LogP contribution is 2.08. The summed E-state index contributed by atoms with van der Waals surface area (Å²) in [5, 5.41) is 2.83. The van der Waals surface area contributed by atoms with Crippen molar-refractivity contribution in [1.82, 2.24) is 0 Å². The van der Waals surface area contributed by atoms with Gasteiger partial charge in [-0.25, -0.2) is 0 Å². The molecule has 98 valence electrons. The van der Waals surface area contributed by atoms with Gasteiger partial charge in [-0.15, -0.1) is 0 Å². The molecule has 0 fully saturated rings. The molecule has 0 bridgehead atoms. The number of hydrogen-bond acceptors (Lipinski definition) is 3. The Morgan fingerprint density at radius 2 is 1.67 bits per heavy atom. The fourth-order valence-corrected chi connectivity index (χ4v) is 1.63. The fourth-order valence-electron chi connectivity index (χ4n) is 1.63. The third kappa shape index (κ3) is 6.15. The number of benzene rings is 1. The molecule has 3 N–H and O–H groups in total. The molecule has 0 radical (unpaired) electrons.